The average molecular weight is 393 g/mol. The Balaban J connectivity index is 2.02. The van der Waals surface area contributed by atoms with E-state index < -0.39 is 0 Å². The molecule has 1 heterocycles. The van der Waals surface area contributed by atoms with Gasteiger partial charge in [-0.25, -0.2) is 4.98 Å². The fourth-order valence-corrected chi connectivity index (χ4v) is 2.96. The molecular formula is C14H12Cl3N3O2S. The molecule has 0 bridgehead atoms. The SMILES string of the molecule is CCc1cc(=O)[nH]c(SCC(=O)Nc2cc(Cl)c(Cl)cc2Cl)n1. The van der Waals surface area contributed by atoms with Crippen LogP contribution in [0.5, 0.6) is 0 Å². The molecule has 0 aliphatic carbocycles. The number of carbonyl (C=O) groups is 1. The van der Waals surface area contributed by atoms with Gasteiger partial charge in [0.15, 0.2) is 5.16 Å². The van der Waals surface area contributed by atoms with Crippen molar-refractivity contribution in [2.75, 3.05) is 11.1 Å². The van der Waals surface area contributed by atoms with Gasteiger partial charge in [0.25, 0.3) is 5.56 Å². The summed E-state index contributed by atoms with van der Waals surface area (Å²) in [5, 5.41) is 3.92. The summed E-state index contributed by atoms with van der Waals surface area (Å²) < 4.78 is 0. The second-order valence-electron chi connectivity index (χ2n) is 4.48. The second-order valence-corrected chi connectivity index (χ2v) is 6.66. The van der Waals surface area contributed by atoms with E-state index in [9.17, 15) is 9.59 Å². The number of nitrogens with zero attached hydrogens (tertiary/aromatic N) is 1. The van der Waals surface area contributed by atoms with Gasteiger partial charge in [-0.15, -0.1) is 0 Å². The van der Waals surface area contributed by atoms with Crippen LogP contribution in [0.2, 0.25) is 15.1 Å². The van der Waals surface area contributed by atoms with Gasteiger partial charge in [-0.1, -0.05) is 53.5 Å². The summed E-state index contributed by atoms with van der Waals surface area (Å²) in [4.78, 5) is 30.3. The van der Waals surface area contributed by atoms with Gasteiger partial charge < -0.3 is 10.3 Å². The van der Waals surface area contributed by atoms with Crippen molar-refractivity contribution < 1.29 is 4.79 Å². The van der Waals surface area contributed by atoms with Crippen molar-refractivity contribution in [2.24, 2.45) is 0 Å². The topological polar surface area (TPSA) is 74.8 Å². The second kappa shape index (κ2) is 8.06. The molecular weight excluding hydrogens is 381 g/mol. The Morgan fingerprint density at radius 2 is 1.91 bits per heavy atom. The summed E-state index contributed by atoms with van der Waals surface area (Å²) in [7, 11) is 0. The summed E-state index contributed by atoms with van der Waals surface area (Å²) in [6.45, 7) is 1.90. The molecule has 0 aliphatic heterocycles. The number of aromatic amines is 1. The number of nitrogens with one attached hydrogen (secondary N) is 2. The van der Waals surface area contributed by atoms with Crippen LogP contribution >= 0.6 is 46.6 Å². The van der Waals surface area contributed by atoms with Gasteiger partial charge in [0, 0.05) is 11.8 Å². The fraction of sp³-hybridized carbons (Fsp3) is 0.214. The number of aromatic nitrogens is 2. The minimum atomic E-state index is -0.306. The smallest absolute Gasteiger partial charge is 0.251 e. The van der Waals surface area contributed by atoms with Gasteiger partial charge in [0.1, 0.15) is 0 Å². The number of carbonyl (C=O) groups excluding carboxylic acids is 1. The van der Waals surface area contributed by atoms with Crippen LogP contribution in [0.4, 0.5) is 5.69 Å². The monoisotopic (exact) mass is 391 g/mol. The average Bonchev–Trinajstić information content (AvgIpc) is 2.50. The fourth-order valence-electron chi connectivity index (χ4n) is 1.67. The molecule has 0 saturated heterocycles. The van der Waals surface area contributed by atoms with Gasteiger partial charge in [0.2, 0.25) is 5.91 Å². The van der Waals surface area contributed by atoms with E-state index in [-0.39, 0.29) is 22.2 Å². The first-order valence-corrected chi connectivity index (χ1v) is 8.68. The summed E-state index contributed by atoms with van der Waals surface area (Å²) in [6, 6.07) is 4.37. The standard InChI is InChI=1S/C14H12Cl3N3O2S/c1-2-7-3-12(21)20-14(18-7)23-6-13(22)19-11-5-9(16)8(15)4-10(11)17/h3-5H,2,6H2,1H3,(H,19,22)(H,18,20,21). The molecule has 1 aromatic heterocycles. The largest absolute Gasteiger partial charge is 0.324 e. The van der Waals surface area contributed by atoms with E-state index in [1.807, 2.05) is 6.92 Å². The number of amides is 1. The number of rotatable bonds is 5. The molecule has 0 unspecified atom stereocenters. The predicted molar refractivity (Wildman–Crippen MR) is 95.1 cm³/mol. The number of H-pyrrole nitrogens is 1. The van der Waals surface area contributed by atoms with E-state index in [4.69, 9.17) is 34.8 Å². The molecule has 122 valence electrons. The highest BCUT2D eigenvalue weighted by Crippen LogP contribution is 2.32. The summed E-state index contributed by atoms with van der Waals surface area (Å²) >= 11 is 18.9. The third-order valence-electron chi connectivity index (χ3n) is 2.76. The number of anilines is 1. The van der Waals surface area contributed by atoms with Crippen LogP contribution in [0.1, 0.15) is 12.6 Å². The number of hydrogen-bond donors (Lipinski definition) is 2. The Bertz CT molecular complexity index is 795. The predicted octanol–water partition coefficient (Wildman–Crippen LogP) is 4.02. The van der Waals surface area contributed by atoms with E-state index in [0.29, 0.717) is 33.0 Å². The third-order valence-corrected chi connectivity index (χ3v) is 4.67. The number of benzene rings is 1. The molecule has 0 radical (unpaired) electrons. The summed E-state index contributed by atoms with van der Waals surface area (Å²) in [5.74, 6) is -0.244. The minimum Gasteiger partial charge on any atom is -0.324 e. The quantitative estimate of drug-likeness (QED) is 0.458. The highest BCUT2D eigenvalue weighted by Gasteiger charge is 2.11. The van der Waals surface area contributed by atoms with Crippen LogP contribution in [0.3, 0.4) is 0 Å². The zero-order valence-corrected chi connectivity index (χ0v) is 15.0. The van der Waals surface area contributed by atoms with Crippen LogP contribution in [-0.2, 0) is 11.2 Å². The lowest BCUT2D eigenvalue weighted by molar-refractivity contribution is -0.113. The molecule has 23 heavy (non-hydrogen) atoms. The van der Waals surface area contributed by atoms with Crippen LogP contribution in [0, 0.1) is 0 Å². The van der Waals surface area contributed by atoms with Gasteiger partial charge in [0.05, 0.1) is 26.5 Å². The van der Waals surface area contributed by atoms with Crippen molar-refractivity contribution >= 4 is 58.2 Å². The van der Waals surface area contributed by atoms with Crippen molar-refractivity contribution in [1.29, 1.82) is 0 Å². The molecule has 9 heteroatoms. The Morgan fingerprint density at radius 1 is 1.22 bits per heavy atom. The lowest BCUT2D eigenvalue weighted by Crippen LogP contribution is -2.16. The van der Waals surface area contributed by atoms with E-state index in [1.165, 1.54) is 18.2 Å². The van der Waals surface area contributed by atoms with Gasteiger partial charge in [-0.05, 0) is 18.6 Å². The normalized spacial score (nSPS) is 10.6. The van der Waals surface area contributed by atoms with Crippen molar-refractivity contribution in [1.82, 2.24) is 9.97 Å². The molecule has 2 aromatic rings. The van der Waals surface area contributed by atoms with Crippen molar-refractivity contribution in [3.8, 4) is 0 Å². The Morgan fingerprint density at radius 3 is 2.61 bits per heavy atom. The minimum absolute atomic E-state index is 0.0622. The zero-order chi connectivity index (χ0) is 17.0. The highest BCUT2D eigenvalue weighted by molar-refractivity contribution is 7.99. The van der Waals surface area contributed by atoms with E-state index in [2.05, 4.69) is 15.3 Å². The lowest BCUT2D eigenvalue weighted by Gasteiger charge is -2.08. The van der Waals surface area contributed by atoms with Crippen LogP contribution < -0.4 is 10.9 Å². The van der Waals surface area contributed by atoms with Crippen LogP contribution in [-0.4, -0.2) is 21.6 Å². The van der Waals surface area contributed by atoms with Crippen LogP contribution in [0.25, 0.3) is 0 Å². The van der Waals surface area contributed by atoms with Gasteiger partial charge >= 0.3 is 0 Å². The van der Waals surface area contributed by atoms with Crippen molar-refractivity contribution in [2.45, 2.75) is 18.5 Å². The summed E-state index contributed by atoms with van der Waals surface area (Å²) in [6.07, 6.45) is 0.641. The molecule has 1 aromatic carbocycles. The molecule has 0 atom stereocenters. The molecule has 5 nitrogen and oxygen atoms in total. The number of aryl methyl sites for hydroxylation is 1. The van der Waals surface area contributed by atoms with E-state index >= 15 is 0 Å². The first kappa shape index (κ1) is 18.1. The molecule has 0 saturated carbocycles. The maximum absolute atomic E-state index is 12.0. The van der Waals surface area contributed by atoms with Gasteiger partial charge in [-0.2, -0.15) is 0 Å². The number of hydrogen-bond acceptors (Lipinski definition) is 4. The highest BCUT2D eigenvalue weighted by atomic mass is 35.5. The van der Waals surface area contributed by atoms with Gasteiger partial charge in [-0.3, -0.25) is 9.59 Å². The molecule has 0 fully saturated rings. The molecule has 2 rings (SSSR count). The molecule has 0 spiro atoms. The lowest BCUT2D eigenvalue weighted by atomic mass is 10.3. The Labute approximate surface area is 151 Å². The van der Waals surface area contributed by atoms with Crippen LogP contribution in [0.15, 0.2) is 28.2 Å². The summed E-state index contributed by atoms with van der Waals surface area (Å²) in [5.41, 5.74) is 0.798. The van der Waals surface area contributed by atoms with Crippen molar-refractivity contribution in [3.05, 3.63) is 49.3 Å². The zero-order valence-electron chi connectivity index (χ0n) is 12.0. The maximum atomic E-state index is 12.0. The van der Waals surface area contributed by atoms with E-state index in [1.54, 1.807) is 0 Å². The molecule has 1 amide bonds. The van der Waals surface area contributed by atoms with Crippen molar-refractivity contribution in [3.63, 3.8) is 0 Å². The Hall–Kier alpha value is -1.21. The molecule has 0 aliphatic rings. The first-order valence-electron chi connectivity index (χ1n) is 6.56. The Kier molecular flexibility index (Phi) is 6.35. The maximum Gasteiger partial charge on any atom is 0.251 e. The third kappa shape index (κ3) is 5.14. The number of thioether (sulfide) groups is 1. The number of halogens is 3. The first-order chi connectivity index (χ1) is 10.9. The molecule has 2 N–H and O–H groups in total. The van der Waals surface area contributed by atoms with E-state index in [0.717, 1.165) is 11.8 Å².